The van der Waals surface area contributed by atoms with E-state index in [0.29, 0.717) is 5.56 Å². The van der Waals surface area contributed by atoms with Crippen LogP contribution in [0.2, 0.25) is 0 Å². The number of rotatable bonds is 8. The van der Waals surface area contributed by atoms with Gasteiger partial charge in [-0.1, -0.05) is 48.0 Å². The molecule has 0 aliphatic rings. The summed E-state index contributed by atoms with van der Waals surface area (Å²) in [6, 6.07) is 13.2. The molecule has 0 aliphatic carbocycles. The second-order valence-electron chi connectivity index (χ2n) is 5.66. The van der Waals surface area contributed by atoms with E-state index in [9.17, 15) is 23.1 Å². The molecule has 25 heavy (non-hydrogen) atoms. The van der Waals surface area contributed by atoms with Crippen LogP contribution in [0.15, 0.2) is 59.5 Å². The van der Waals surface area contributed by atoms with Gasteiger partial charge in [-0.15, -0.1) is 0 Å². The molecule has 7 heteroatoms. The zero-order valence-corrected chi connectivity index (χ0v) is 14.4. The normalized spacial score (nSPS) is 13.8. The number of hydrogen-bond donors (Lipinski definition) is 2. The monoisotopic (exact) mass is 360 g/mol. The van der Waals surface area contributed by atoms with Gasteiger partial charge < -0.3 is 5.11 Å². The molecule has 2 rings (SSSR count). The molecular weight excluding hydrogens is 342 g/mol. The van der Waals surface area contributed by atoms with Crippen molar-refractivity contribution in [1.82, 2.24) is 4.72 Å². The largest absolute Gasteiger partial charge is 0.481 e. The van der Waals surface area contributed by atoms with E-state index in [1.165, 1.54) is 18.4 Å². The summed E-state index contributed by atoms with van der Waals surface area (Å²) in [5.41, 5.74) is 1.56. The Hall–Kier alpha value is -2.51. The minimum absolute atomic E-state index is 0.00645. The van der Waals surface area contributed by atoms with Crippen molar-refractivity contribution in [3.8, 4) is 0 Å². The van der Waals surface area contributed by atoms with E-state index in [1.54, 1.807) is 42.5 Å². The number of benzene rings is 2. The topological polar surface area (TPSA) is 101 Å². The minimum atomic E-state index is -4.04. The fourth-order valence-corrected chi connectivity index (χ4v) is 3.53. The highest BCUT2D eigenvalue weighted by molar-refractivity contribution is 7.89. The first-order valence-electron chi connectivity index (χ1n) is 7.57. The molecule has 0 aliphatic heterocycles. The third-order valence-corrected chi connectivity index (χ3v) is 5.22. The van der Waals surface area contributed by atoms with E-state index in [1.807, 2.05) is 6.92 Å². The quantitative estimate of drug-likeness (QED) is 0.746. The molecule has 2 aromatic rings. The molecule has 131 valence electrons. The number of carbonyl (C=O) groups excluding carboxylic acids is 1. The summed E-state index contributed by atoms with van der Waals surface area (Å²) in [6.07, 6.45) is 1.53. The molecule has 0 heterocycles. The summed E-state index contributed by atoms with van der Waals surface area (Å²) >= 11 is 0. The van der Waals surface area contributed by atoms with Crippen molar-refractivity contribution in [1.29, 1.82) is 0 Å². The van der Waals surface area contributed by atoms with Crippen molar-refractivity contribution in [3.63, 3.8) is 0 Å². The predicted molar refractivity (Wildman–Crippen MR) is 92.3 cm³/mol. The van der Waals surface area contributed by atoms with Gasteiger partial charge in [0.1, 0.15) is 6.04 Å². The van der Waals surface area contributed by atoms with Crippen molar-refractivity contribution in [2.45, 2.75) is 24.3 Å². The second kappa shape index (κ2) is 8.04. The van der Waals surface area contributed by atoms with Gasteiger partial charge in [0.15, 0.2) is 0 Å². The molecular formula is C18H18NO5S. The van der Waals surface area contributed by atoms with Gasteiger partial charge >= 0.3 is 5.97 Å². The Labute approximate surface area is 146 Å². The van der Waals surface area contributed by atoms with Crippen molar-refractivity contribution < 1.29 is 23.1 Å². The Bertz CT molecular complexity index is 832. The highest BCUT2D eigenvalue weighted by atomic mass is 32.2. The van der Waals surface area contributed by atoms with Crippen LogP contribution in [-0.4, -0.2) is 31.8 Å². The maximum Gasteiger partial charge on any atom is 0.308 e. The SMILES string of the molecule is Cc1ccc(S(=O)(=O)N[C@H]([C]=O)C(Cc2ccccc2)C(=O)O)cc1. The smallest absolute Gasteiger partial charge is 0.308 e. The second-order valence-corrected chi connectivity index (χ2v) is 7.38. The van der Waals surface area contributed by atoms with E-state index >= 15 is 0 Å². The highest BCUT2D eigenvalue weighted by Crippen LogP contribution is 2.16. The summed E-state index contributed by atoms with van der Waals surface area (Å²) in [4.78, 5) is 22.8. The molecule has 0 amide bonds. The lowest BCUT2D eigenvalue weighted by molar-refractivity contribution is -0.141. The Morgan fingerprint density at radius 3 is 2.24 bits per heavy atom. The summed E-state index contributed by atoms with van der Waals surface area (Å²) in [6.45, 7) is 1.81. The summed E-state index contributed by atoms with van der Waals surface area (Å²) in [5, 5.41) is 9.43. The third kappa shape index (κ3) is 4.98. The van der Waals surface area contributed by atoms with Gasteiger partial charge in [0.05, 0.1) is 10.8 Å². The first-order chi connectivity index (χ1) is 11.8. The third-order valence-electron chi connectivity index (χ3n) is 3.76. The molecule has 0 aromatic heterocycles. The lowest BCUT2D eigenvalue weighted by Gasteiger charge is -2.20. The predicted octanol–water partition coefficient (Wildman–Crippen LogP) is 1.70. The maximum atomic E-state index is 12.4. The van der Waals surface area contributed by atoms with Crippen molar-refractivity contribution in [2.24, 2.45) is 5.92 Å². The molecule has 0 saturated heterocycles. The van der Waals surface area contributed by atoms with Gasteiger partial charge in [-0.2, -0.15) is 4.72 Å². The van der Waals surface area contributed by atoms with Crippen LogP contribution in [0.5, 0.6) is 0 Å². The number of nitrogens with one attached hydrogen (secondary N) is 1. The molecule has 0 fully saturated rings. The van der Waals surface area contributed by atoms with Crippen LogP contribution in [0.1, 0.15) is 11.1 Å². The number of hydrogen-bond acceptors (Lipinski definition) is 4. The zero-order valence-electron chi connectivity index (χ0n) is 13.5. The highest BCUT2D eigenvalue weighted by Gasteiger charge is 2.32. The number of sulfonamides is 1. The summed E-state index contributed by atoms with van der Waals surface area (Å²) in [7, 11) is -4.04. The van der Waals surface area contributed by atoms with E-state index in [2.05, 4.69) is 4.72 Å². The summed E-state index contributed by atoms with van der Waals surface area (Å²) in [5.74, 6) is -2.54. The molecule has 1 radical (unpaired) electrons. The number of carboxylic acids is 1. The van der Waals surface area contributed by atoms with Crippen LogP contribution in [0, 0.1) is 12.8 Å². The molecule has 0 bridgehead atoms. The fourth-order valence-electron chi connectivity index (χ4n) is 2.36. The van der Waals surface area contributed by atoms with Crippen molar-refractivity contribution in [3.05, 3.63) is 65.7 Å². The lowest BCUT2D eigenvalue weighted by Crippen LogP contribution is -2.45. The zero-order chi connectivity index (χ0) is 18.4. The average Bonchev–Trinajstić information content (AvgIpc) is 2.59. The van der Waals surface area contributed by atoms with Crippen LogP contribution < -0.4 is 4.72 Å². The van der Waals surface area contributed by atoms with E-state index in [4.69, 9.17) is 0 Å². The van der Waals surface area contributed by atoms with Gasteiger partial charge in [0.25, 0.3) is 0 Å². The van der Waals surface area contributed by atoms with Crippen LogP contribution in [0.25, 0.3) is 0 Å². The first kappa shape index (κ1) is 18.8. The molecule has 1 unspecified atom stereocenters. The van der Waals surface area contributed by atoms with Crippen molar-refractivity contribution >= 4 is 22.3 Å². The van der Waals surface area contributed by atoms with E-state index in [-0.39, 0.29) is 11.3 Å². The number of carboxylic acid groups (broad SMARTS) is 1. The Kier molecular flexibility index (Phi) is 6.06. The van der Waals surface area contributed by atoms with Gasteiger partial charge in [-0.25, -0.2) is 8.42 Å². The van der Waals surface area contributed by atoms with E-state index in [0.717, 1.165) is 5.56 Å². The van der Waals surface area contributed by atoms with Gasteiger partial charge in [-0.05, 0) is 31.0 Å². The van der Waals surface area contributed by atoms with Crippen LogP contribution >= 0.6 is 0 Å². The summed E-state index contributed by atoms with van der Waals surface area (Å²) < 4.78 is 27.0. The van der Waals surface area contributed by atoms with Gasteiger partial charge in [-0.3, -0.25) is 9.59 Å². The molecule has 0 spiro atoms. The van der Waals surface area contributed by atoms with Gasteiger partial charge in [0, 0.05) is 0 Å². The first-order valence-corrected chi connectivity index (χ1v) is 9.05. The van der Waals surface area contributed by atoms with Crippen LogP contribution in [0.3, 0.4) is 0 Å². The maximum absolute atomic E-state index is 12.4. The molecule has 0 saturated carbocycles. The molecule has 2 aromatic carbocycles. The van der Waals surface area contributed by atoms with Crippen LogP contribution in [-0.2, 0) is 26.0 Å². The molecule has 2 atom stereocenters. The van der Waals surface area contributed by atoms with Crippen molar-refractivity contribution in [2.75, 3.05) is 0 Å². The number of aryl methyl sites for hydroxylation is 1. The fraction of sp³-hybridized carbons (Fsp3) is 0.222. The molecule has 2 N–H and O–H groups in total. The Morgan fingerprint density at radius 1 is 1.12 bits per heavy atom. The van der Waals surface area contributed by atoms with Gasteiger partial charge in [0.2, 0.25) is 16.3 Å². The minimum Gasteiger partial charge on any atom is -0.481 e. The standard InChI is InChI=1S/C18H18NO5S/c1-13-7-9-15(10-8-13)25(23,24)19-17(12-20)16(18(21)22)11-14-5-3-2-4-6-14/h2-10,16-17,19H,11H2,1H3,(H,21,22)/t16?,17-/m1/s1. The molecule has 6 nitrogen and oxygen atoms in total. The lowest BCUT2D eigenvalue weighted by atomic mass is 9.93. The average molecular weight is 360 g/mol. The number of aliphatic carboxylic acids is 1. The Balaban J connectivity index is 2.24. The number of carbonyl (C=O) groups is 1. The van der Waals surface area contributed by atoms with Crippen LogP contribution in [0.4, 0.5) is 0 Å². The van der Waals surface area contributed by atoms with E-state index < -0.39 is 28.0 Å². The Morgan fingerprint density at radius 2 is 1.72 bits per heavy atom.